The van der Waals surface area contributed by atoms with Crippen molar-refractivity contribution in [3.63, 3.8) is 0 Å². The van der Waals surface area contributed by atoms with Crippen LogP contribution in [0, 0.1) is 23.2 Å². The lowest BCUT2D eigenvalue weighted by molar-refractivity contribution is -0.341. The summed E-state index contributed by atoms with van der Waals surface area (Å²) in [5, 5.41) is 43.5. The van der Waals surface area contributed by atoms with E-state index >= 15 is 0 Å². The molecule has 0 radical (unpaired) electrons. The Morgan fingerprint density at radius 2 is 1.53 bits per heavy atom. The van der Waals surface area contributed by atoms with Crippen LogP contribution in [0.4, 0.5) is 0 Å². The molecule has 3 rings (SSSR count). The van der Waals surface area contributed by atoms with E-state index in [0.717, 1.165) is 12.8 Å². The van der Waals surface area contributed by atoms with E-state index in [2.05, 4.69) is 0 Å². The highest BCUT2D eigenvalue weighted by Crippen LogP contribution is 2.42. The molecule has 1 saturated carbocycles. The predicted molar refractivity (Wildman–Crippen MR) is 137 cm³/mol. The van der Waals surface area contributed by atoms with Crippen molar-refractivity contribution in [3.8, 4) is 0 Å². The molecule has 3 fully saturated rings. The number of carbonyl (C=O) groups excluding carboxylic acids is 1. The van der Waals surface area contributed by atoms with Crippen molar-refractivity contribution < 1.29 is 48.9 Å². The second-order valence-corrected chi connectivity index (χ2v) is 12.7. The lowest BCUT2D eigenvalue weighted by Crippen LogP contribution is -2.67. The first-order valence-corrected chi connectivity index (χ1v) is 13.8. The molecule has 11 nitrogen and oxygen atoms in total. The van der Waals surface area contributed by atoms with Gasteiger partial charge in [-0.3, -0.25) is 4.79 Å². The minimum atomic E-state index is -1.85. The molecule has 0 aromatic heterocycles. The predicted octanol–water partition coefficient (Wildman–Crippen LogP) is 0.681. The zero-order chi connectivity index (χ0) is 28.6. The minimum absolute atomic E-state index is 0.00913. The smallest absolute Gasteiger partial charge is 0.317 e. The quantitative estimate of drug-likeness (QED) is 0.284. The average Bonchev–Trinajstić information content (AvgIpc) is 2.84. The van der Waals surface area contributed by atoms with Gasteiger partial charge in [-0.25, -0.2) is 0 Å². The number of nitrogens with two attached hydrogens (primary N) is 1. The van der Waals surface area contributed by atoms with Crippen LogP contribution in [0.2, 0.25) is 0 Å². The molecule has 0 amide bonds. The van der Waals surface area contributed by atoms with Gasteiger partial charge in [-0.1, -0.05) is 20.8 Å². The van der Waals surface area contributed by atoms with Gasteiger partial charge in [0, 0.05) is 12.5 Å². The van der Waals surface area contributed by atoms with E-state index in [1.807, 2.05) is 20.8 Å². The lowest BCUT2D eigenvalue weighted by Gasteiger charge is -2.50. The van der Waals surface area contributed by atoms with Crippen molar-refractivity contribution in [1.82, 2.24) is 0 Å². The van der Waals surface area contributed by atoms with Crippen molar-refractivity contribution in [2.24, 2.45) is 28.9 Å². The highest BCUT2D eigenvalue weighted by atomic mass is 16.7. The van der Waals surface area contributed by atoms with Gasteiger partial charge in [0.2, 0.25) is 0 Å². The molecule has 0 aromatic carbocycles. The van der Waals surface area contributed by atoms with E-state index in [9.17, 15) is 25.2 Å². The molecule has 0 aromatic rings. The maximum absolute atomic E-state index is 13.2. The van der Waals surface area contributed by atoms with Crippen LogP contribution in [-0.2, 0) is 28.5 Å². The van der Waals surface area contributed by atoms with E-state index in [4.69, 9.17) is 29.4 Å². The first-order valence-electron chi connectivity index (χ1n) is 13.8. The van der Waals surface area contributed by atoms with Crippen molar-refractivity contribution >= 4 is 5.97 Å². The summed E-state index contributed by atoms with van der Waals surface area (Å²) in [7, 11) is 0. The van der Waals surface area contributed by atoms with Crippen LogP contribution in [0.25, 0.3) is 0 Å². The molecule has 2 heterocycles. The first-order chi connectivity index (χ1) is 17.6. The highest BCUT2D eigenvalue weighted by Gasteiger charge is 2.60. The second-order valence-electron chi connectivity index (χ2n) is 12.7. The maximum Gasteiger partial charge on any atom is 0.317 e. The fraction of sp³-hybridized carbons (Fsp3) is 0.963. The second kappa shape index (κ2) is 12.3. The largest absolute Gasteiger partial charge is 0.459 e. The fourth-order valence-electron chi connectivity index (χ4n) is 5.81. The zero-order valence-electron chi connectivity index (χ0n) is 23.8. The van der Waals surface area contributed by atoms with Gasteiger partial charge in [0.05, 0.1) is 24.9 Å². The number of aliphatic hydroxyl groups excluding tert-OH is 4. The molecule has 222 valence electrons. The molecule has 0 bridgehead atoms. The molecular weight excluding hydrogens is 498 g/mol. The zero-order valence-corrected chi connectivity index (χ0v) is 23.8. The number of esters is 1. The summed E-state index contributed by atoms with van der Waals surface area (Å²) >= 11 is 0. The van der Waals surface area contributed by atoms with E-state index < -0.39 is 72.8 Å². The Morgan fingerprint density at radius 1 is 0.947 bits per heavy atom. The molecule has 0 spiro atoms. The molecule has 3 aliphatic rings. The van der Waals surface area contributed by atoms with Gasteiger partial charge in [-0.15, -0.1) is 0 Å². The minimum Gasteiger partial charge on any atom is -0.459 e. The van der Waals surface area contributed by atoms with Crippen LogP contribution in [0.3, 0.4) is 0 Å². The molecule has 1 aliphatic carbocycles. The number of ether oxygens (including phenoxy) is 5. The Bertz CT molecular complexity index is 792. The molecule has 11 heteroatoms. The van der Waals surface area contributed by atoms with Crippen LogP contribution in [0.1, 0.15) is 67.7 Å². The normalized spacial score (nSPS) is 46.5. The van der Waals surface area contributed by atoms with Crippen molar-refractivity contribution in [3.05, 3.63) is 0 Å². The maximum atomic E-state index is 13.2. The number of rotatable bonds is 7. The summed E-state index contributed by atoms with van der Waals surface area (Å²) in [6.45, 7) is 12.1. The summed E-state index contributed by atoms with van der Waals surface area (Å²) in [5.74, 6) is -0.874. The van der Waals surface area contributed by atoms with Gasteiger partial charge in [-0.05, 0) is 58.8 Å². The average molecular weight is 548 g/mol. The van der Waals surface area contributed by atoms with Crippen LogP contribution in [0.5, 0.6) is 0 Å². The van der Waals surface area contributed by atoms with Gasteiger partial charge >= 0.3 is 5.97 Å². The van der Waals surface area contributed by atoms with Gasteiger partial charge < -0.3 is 49.8 Å². The first kappa shape index (κ1) is 31.6. The Morgan fingerprint density at radius 3 is 2.05 bits per heavy atom. The Hall–Kier alpha value is -0.890. The van der Waals surface area contributed by atoms with Crippen molar-refractivity contribution in [1.29, 1.82) is 0 Å². The number of aliphatic hydroxyl groups is 4. The van der Waals surface area contributed by atoms with Crippen molar-refractivity contribution in [2.45, 2.75) is 129 Å². The monoisotopic (exact) mass is 547 g/mol. The van der Waals surface area contributed by atoms with Crippen LogP contribution >= 0.6 is 0 Å². The third-order valence-electron chi connectivity index (χ3n) is 8.29. The number of hydrogen-bond donors (Lipinski definition) is 5. The topological polar surface area (TPSA) is 170 Å². The number of carbonyl (C=O) groups is 1. The molecule has 13 unspecified atom stereocenters. The number of hydrogen-bond acceptors (Lipinski definition) is 11. The third-order valence-corrected chi connectivity index (χ3v) is 8.29. The van der Waals surface area contributed by atoms with Crippen molar-refractivity contribution in [2.75, 3.05) is 13.2 Å². The van der Waals surface area contributed by atoms with E-state index in [0.29, 0.717) is 13.0 Å². The standard InChI is InChI=1S/C27H49NO10/c1-13-8-9-16(11-28)34-23(13)36-19-14(2)10-15(3)20(18(19)30)37-24-22(32)27(7,21(31)17(12-29)35-24)25(33)38-26(4,5)6/h13-24,29-32H,8-12,28H2,1-7H3. The van der Waals surface area contributed by atoms with Gasteiger partial charge in [0.1, 0.15) is 35.4 Å². The molecule has 38 heavy (non-hydrogen) atoms. The molecular formula is C27H49NO10. The SMILES string of the molecule is CC1CCC(CN)OC1OC1C(C)CC(C)C(OC2OC(CO)C(O)C(C)(C(=O)OC(C)(C)C)C2O)C1O. The fourth-order valence-corrected chi connectivity index (χ4v) is 5.81. The molecule has 2 saturated heterocycles. The lowest BCUT2D eigenvalue weighted by atomic mass is 9.73. The van der Waals surface area contributed by atoms with Crippen LogP contribution in [0.15, 0.2) is 0 Å². The van der Waals surface area contributed by atoms with Gasteiger partial charge in [-0.2, -0.15) is 0 Å². The Labute approximate surface area is 225 Å². The summed E-state index contributed by atoms with van der Waals surface area (Å²) < 4.78 is 29.7. The Balaban J connectivity index is 1.80. The van der Waals surface area contributed by atoms with Crippen LogP contribution < -0.4 is 5.73 Å². The summed E-state index contributed by atoms with van der Waals surface area (Å²) in [4.78, 5) is 13.2. The third kappa shape index (κ3) is 6.53. The summed E-state index contributed by atoms with van der Waals surface area (Å²) in [5.41, 5.74) is 3.08. The summed E-state index contributed by atoms with van der Waals surface area (Å²) in [6, 6.07) is 0. The molecule has 13 atom stereocenters. The van der Waals surface area contributed by atoms with Gasteiger partial charge in [0.25, 0.3) is 0 Å². The van der Waals surface area contributed by atoms with Gasteiger partial charge in [0.15, 0.2) is 12.6 Å². The molecule has 2 aliphatic heterocycles. The van der Waals surface area contributed by atoms with E-state index in [1.165, 1.54) is 6.92 Å². The van der Waals surface area contributed by atoms with E-state index in [1.54, 1.807) is 20.8 Å². The highest BCUT2D eigenvalue weighted by molar-refractivity contribution is 5.78. The Kier molecular flexibility index (Phi) is 10.3. The van der Waals surface area contributed by atoms with E-state index in [-0.39, 0.29) is 23.9 Å². The molecule has 6 N–H and O–H groups in total. The van der Waals surface area contributed by atoms with Crippen LogP contribution in [-0.4, -0.2) is 100 Å². The summed E-state index contributed by atoms with van der Waals surface area (Å²) in [6.07, 6.45) is -6.56.